The number of anilines is 4. The molecule has 6 aromatic carbocycles. The van der Waals surface area contributed by atoms with Crippen molar-refractivity contribution >= 4 is 66.9 Å². The molecule has 0 spiro atoms. The number of nitrogen functional groups attached to an aromatic ring is 4. The first-order valence-corrected chi connectivity index (χ1v) is 15.8. The fraction of sp³-hybridized carbons (Fsp3) is 0.100. The standard InChI is InChI=1S/2C20H18N4/c1-12-8-17-19(10-15(12)21)24(14-6-4-3-5-7-14)20-11-16(22)13(2)9-18(20)23-17;1-12-10-18-19(11-16(12)22)24(14-6-4-3-5-7-14)20-13(2)15(21)8-9-17(20)23-18/h2*3-11H,1-2H3,(H3,21,22)/p+2. The van der Waals surface area contributed by atoms with Gasteiger partial charge in [0.05, 0.1) is 0 Å². The molecule has 0 bridgehead atoms. The van der Waals surface area contributed by atoms with Gasteiger partial charge in [-0.2, -0.15) is 0 Å². The van der Waals surface area contributed by atoms with E-state index in [0.29, 0.717) is 0 Å². The van der Waals surface area contributed by atoms with Crippen LogP contribution >= 0.6 is 0 Å². The number of aromatic nitrogens is 4. The maximum atomic E-state index is 6.18. The smallest absolute Gasteiger partial charge is 0.242 e. The van der Waals surface area contributed by atoms with E-state index >= 15 is 0 Å². The number of para-hydroxylation sites is 2. The highest BCUT2D eigenvalue weighted by atomic mass is 15.0. The van der Waals surface area contributed by atoms with Crippen LogP contribution in [0.5, 0.6) is 0 Å². The Kier molecular flexibility index (Phi) is 7.48. The number of hydrogen-bond acceptors (Lipinski definition) is 6. The lowest BCUT2D eigenvalue weighted by Crippen LogP contribution is -2.34. The van der Waals surface area contributed by atoms with Gasteiger partial charge in [-0.3, -0.25) is 0 Å². The molecule has 0 aliphatic carbocycles. The van der Waals surface area contributed by atoms with E-state index in [1.807, 2.05) is 113 Å². The molecular weight excluding hydrogens is 592 g/mol. The first-order valence-electron chi connectivity index (χ1n) is 15.8. The van der Waals surface area contributed by atoms with E-state index in [1.54, 1.807) is 0 Å². The van der Waals surface area contributed by atoms with Gasteiger partial charge in [-0.1, -0.05) is 36.4 Å². The van der Waals surface area contributed by atoms with Crippen LogP contribution in [-0.4, -0.2) is 9.97 Å². The summed E-state index contributed by atoms with van der Waals surface area (Å²) >= 11 is 0. The zero-order chi connectivity index (χ0) is 33.7. The molecule has 236 valence electrons. The number of fused-ring (bicyclic) bond motifs is 4. The molecule has 2 aromatic heterocycles. The number of benzene rings is 6. The van der Waals surface area contributed by atoms with Crippen LogP contribution in [0.2, 0.25) is 0 Å². The predicted octanol–water partition coefficient (Wildman–Crippen LogP) is 6.89. The summed E-state index contributed by atoms with van der Waals surface area (Å²) in [5, 5.41) is 0. The molecule has 0 atom stereocenters. The highest BCUT2D eigenvalue weighted by Gasteiger charge is 2.23. The molecule has 0 saturated carbocycles. The van der Waals surface area contributed by atoms with Crippen molar-refractivity contribution in [1.82, 2.24) is 9.97 Å². The predicted molar refractivity (Wildman–Crippen MR) is 198 cm³/mol. The van der Waals surface area contributed by atoms with E-state index in [0.717, 1.165) is 101 Å². The molecule has 8 rings (SSSR count). The maximum Gasteiger partial charge on any atom is 0.242 e. The Morgan fingerprint density at radius 3 is 1.27 bits per heavy atom. The summed E-state index contributed by atoms with van der Waals surface area (Å²) in [6.45, 7) is 8.04. The average Bonchev–Trinajstić information content (AvgIpc) is 3.08. The number of aryl methyl sites for hydroxylation is 4. The third kappa shape index (κ3) is 5.23. The highest BCUT2D eigenvalue weighted by molar-refractivity contribution is 5.89. The highest BCUT2D eigenvalue weighted by Crippen LogP contribution is 2.27. The molecule has 8 heteroatoms. The third-order valence-corrected chi connectivity index (χ3v) is 9.00. The van der Waals surface area contributed by atoms with E-state index in [4.69, 9.17) is 32.9 Å². The van der Waals surface area contributed by atoms with Crippen molar-refractivity contribution in [1.29, 1.82) is 0 Å². The lowest BCUT2D eigenvalue weighted by molar-refractivity contribution is -0.538. The van der Waals surface area contributed by atoms with Crippen molar-refractivity contribution in [2.24, 2.45) is 0 Å². The van der Waals surface area contributed by atoms with Crippen LogP contribution in [0.25, 0.3) is 55.5 Å². The number of nitrogens with zero attached hydrogens (tertiary/aromatic N) is 4. The molecule has 8 aromatic rings. The molecule has 0 radical (unpaired) electrons. The van der Waals surface area contributed by atoms with Gasteiger partial charge in [0.25, 0.3) is 0 Å². The van der Waals surface area contributed by atoms with E-state index in [-0.39, 0.29) is 0 Å². The quantitative estimate of drug-likeness (QED) is 0.0932. The van der Waals surface area contributed by atoms with Gasteiger partial charge in [-0.15, -0.1) is 9.13 Å². The molecule has 8 N–H and O–H groups in total. The minimum atomic E-state index is 0.758. The zero-order valence-corrected chi connectivity index (χ0v) is 27.5. The van der Waals surface area contributed by atoms with Crippen molar-refractivity contribution < 1.29 is 9.13 Å². The topological polar surface area (TPSA) is 138 Å². The Bertz CT molecular complexity index is 2440. The van der Waals surface area contributed by atoms with Crippen molar-refractivity contribution in [3.8, 4) is 11.4 Å². The number of hydrogen-bond donors (Lipinski definition) is 4. The monoisotopic (exact) mass is 630 g/mol. The molecule has 0 amide bonds. The number of nitrogens with two attached hydrogens (primary N) is 4. The number of rotatable bonds is 2. The van der Waals surface area contributed by atoms with Crippen LogP contribution in [0, 0.1) is 27.7 Å². The van der Waals surface area contributed by atoms with Crippen LogP contribution in [0.1, 0.15) is 22.3 Å². The van der Waals surface area contributed by atoms with Crippen LogP contribution in [0.3, 0.4) is 0 Å². The van der Waals surface area contributed by atoms with Gasteiger partial charge >= 0.3 is 0 Å². The Labute approximate surface area is 278 Å². The van der Waals surface area contributed by atoms with Gasteiger partial charge in [-0.25, -0.2) is 9.97 Å². The lowest BCUT2D eigenvalue weighted by Gasteiger charge is -2.09. The summed E-state index contributed by atoms with van der Waals surface area (Å²) in [7, 11) is 0. The molecule has 2 heterocycles. The Balaban J connectivity index is 0.000000152. The summed E-state index contributed by atoms with van der Waals surface area (Å²) in [5.41, 5.74) is 41.5. The van der Waals surface area contributed by atoms with Gasteiger partial charge in [0.15, 0.2) is 0 Å². The summed E-state index contributed by atoms with van der Waals surface area (Å²) in [6, 6.07) is 36.4. The molecule has 0 aliphatic heterocycles. The van der Waals surface area contributed by atoms with Crippen molar-refractivity contribution in [2.45, 2.75) is 27.7 Å². The molecule has 0 aliphatic rings. The Morgan fingerprint density at radius 2 is 0.812 bits per heavy atom. The van der Waals surface area contributed by atoms with Gasteiger partial charge in [-0.05, 0) is 74.7 Å². The maximum absolute atomic E-state index is 6.18. The van der Waals surface area contributed by atoms with Crippen molar-refractivity contribution in [3.05, 3.63) is 131 Å². The van der Waals surface area contributed by atoms with E-state index in [2.05, 4.69) is 33.4 Å². The normalized spacial score (nSPS) is 11.2. The first kappa shape index (κ1) is 30.4. The molecular formula is C40H38N8+2. The lowest BCUT2D eigenvalue weighted by atomic mass is 10.1. The Hall–Kier alpha value is -6.28. The molecule has 8 nitrogen and oxygen atoms in total. The fourth-order valence-corrected chi connectivity index (χ4v) is 6.18. The summed E-state index contributed by atoms with van der Waals surface area (Å²) in [4.78, 5) is 9.67. The zero-order valence-electron chi connectivity index (χ0n) is 27.5. The van der Waals surface area contributed by atoms with Gasteiger partial charge in [0, 0.05) is 70.8 Å². The Morgan fingerprint density at radius 1 is 0.417 bits per heavy atom. The van der Waals surface area contributed by atoms with Crippen LogP contribution in [0.15, 0.2) is 109 Å². The van der Waals surface area contributed by atoms with Crippen LogP contribution in [-0.2, 0) is 0 Å². The van der Waals surface area contributed by atoms with E-state index in [1.165, 1.54) is 0 Å². The minimum Gasteiger partial charge on any atom is -0.398 e. The molecule has 0 saturated heterocycles. The third-order valence-electron chi connectivity index (χ3n) is 9.00. The average molecular weight is 631 g/mol. The van der Waals surface area contributed by atoms with Crippen LogP contribution in [0.4, 0.5) is 22.7 Å². The minimum absolute atomic E-state index is 0.758. The van der Waals surface area contributed by atoms with Gasteiger partial charge in [0.1, 0.15) is 22.1 Å². The SMILES string of the molecule is Cc1cc2nc3cc(C)c(N)cc3[n+](-c3ccccc3)c2cc1N.Cc1cc2nc3ccc(N)c(C)c3[n+](-c3ccccc3)c2cc1N. The first-order chi connectivity index (χ1) is 23.1. The van der Waals surface area contributed by atoms with Crippen molar-refractivity contribution in [2.75, 3.05) is 22.9 Å². The second-order valence-electron chi connectivity index (χ2n) is 12.3. The fourth-order valence-electron chi connectivity index (χ4n) is 6.18. The van der Waals surface area contributed by atoms with Gasteiger partial charge < -0.3 is 22.9 Å². The van der Waals surface area contributed by atoms with E-state index < -0.39 is 0 Å². The largest absolute Gasteiger partial charge is 0.398 e. The summed E-state index contributed by atoms with van der Waals surface area (Å²) in [5.74, 6) is 0. The van der Waals surface area contributed by atoms with Crippen molar-refractivity contribution in [3.63, 3.8) is 0 Å². The summed E-state index contributed by atoms with van der Waals surface area (Å²) in [6.07, 6.45) is 0. The molecule has 0 fully saturated rings. The second-order valence-corrected chi connectivity index (χ2v) is 12.3. The molecule has 0 unspecified atom stereocenters. The van der Waals surface area contributed by atoms with E-state index in [9.17, 15) is 0 Å². The molecule has 48 heavy (non-hydrogen) atoms. The second kappa shape index (κ2) is 11.8. The van der Waals surface area contributed by atoms with Crippen LogP contribution < -0.4 is 32.1 Å². The summed E-state index contributed by atoms with van der Waals surface area (Å²) < 4.78 is 4.36. The van der Waals surface area contributed by atoms with Gasteiger partial charge in [0.2, 0.25) is 33.4 Å².